The predicted molar refractivity (Wildman–Crippen MR) is 91.0 cm³/mol. The fraction of sp³-hybridized carbons (Fsp3) is 1.00. The molecule has 0 aromatic rings. The third-order valence-corrected chi connectivity index (χ3v) is 9.38. The topological polar surface area (TPSA) is 18.5 Å². The molecule has 5 aliphatic rings. The van der Waals surface area contributed by atoms with Gasteiger partial charge >= 0.3 is 0 Å². The molecule has 130 valence electrons. The summed E-state index contributed by atoms with van der Waals surface area (Å²) in [5.41, 5.74) is 0.929. The van der Waals surface area contributed by atoms with Crippen LogP contribution < -0.4 is 0 Å². The minimum absolute atomic E-state index is 0.215. The van der Waals surface area contributed by atoms with Gasteiger partial charge in [-0.2, -0.15) is 0 Å². The minimum Gasteiger partial charge on any atom is -0.347 e. The van der Waals surface area contributed by atoms with Crippen molar-refractivity contribution in [3.63, 3.8) is 0 Å². The molecule has 5 fully saturated rings. The summed E-state index contributed by atoms with van der Waals surface area (Å²) in [6, 6.07) is 0. The van der Waals surface area contributed by atoms with Crippen LogP contribution in [0.1, 0.15) is 78.1 Å². The van der Waals surface area contributed by atoms with Crippen LogP contribution in [0.25, 0.3) is 0 Å². The molecule has 1 saturated heterocycles. The summed E-state index contributed by atoms with van der Waals surface area (Å²) in [5, 5.41) is 0. The molecule has 6 atom stereocenters. The first-order valence-corrected chi connectivity index (χ1v) is 10.4. The third kappa shape index (κ3) is 1.83. The highest BCUT2D eigenvalue weighted by Crippen LogP contribution is 2.69. The van der Waals surface area contributed by atoms with Crippen molar-refractivity contribution in [3.8, 4) is 0 Å². The smallest absolute Gasteiger partial charge is 0.174 e. The average Bonchev–Trinajstić information content (AvgIpc) is 3.14. The van der Waals surface area contributed by atoms with Crippen LogP contribution in [0, 0.1) is 34.5 Å². The van der Waals surface area contributed by atoms with E-state index in [2.05, 4.69) is 13.8 Å². The predicted octanol–water partition coefficient (Wildman–Crippen LogP) is 5.16. The Hall–Kier alpha value is -0.0800. The van der Waals surface area contributed by atoms with E-state index in [4.69, 9.17) is 9.47 Å². The molecule has 4 aliphatic carbocycles. The van der Waals surface area contributed by atoms with Crippen molar-refractivity contribution in [2.45, 2.75) is 83.8 Å². The summed E-state index contributed by atoms with van der Waals surface area (Å²) in [6.45, 7) is 6.82. The fourth-order valence-electron chi connectivity index (χ4n) is 8.18. The molecule has 5 rings (SSSR count). The summed E-state index contributed by atoms with van der Waals surface area (Å²) >= 11 is 0. The van der Waals surface area contributed by atoms with Gasteiger partial charge in [-0.3, -0.25) is 0 Å². The average molecular weight is 319 g/mol. The Bertz CT molecular complexity index is 482. The first kappa shape index (κ1) is 15.2. The fourth-order valence-corrected chi connectivity index (χ4v) is 8.18. The molecule has 1 spiro atoms. The van der Waals surface area contributed by atoms with E-state index >= 15 is 0 Å². The van der Waals surface area contributed by atoms with Crippen LogP contribution in [0.4, 0.5) is 0 Å². The number of fused-ring (bicyclic) bond motifs is 6. The van der Waals surface area contributed by atoms with Crippen LogP contribution in [0.15, 0.2) is 0 Å². The van der Waals surface area contributed by atoms with Crippen molar-refractivity contribution in [2.24, 2.45) is 34.5 Å². The van der Waals surface area contributed by atoms with Gasteiger partial charge in [-0.05, 0) is 74.0 Å². The van der Waals surface area contributed by atoms with Gasteiger partial charge in [0, 0.05) is 11.8 Å². The van der Waals surface area contributed by atoms with Gasteiger partial charge in [-0.15, -0.1) is 0 Å². The standard InChI is InChI=1S/C21H34O2/c1-19-10-4-3-5-15(19)6-7-16-17(19)8-11-20(2)18(16)9-12-21(20)22-13-14-23-21/h15-18H,3-14H2,1-2H3. The van der Waals surface area contributed by atoms with Crippen molar-refractivity contribution in [2.75, 3.05) is 13.2 Å². The van der Waals surface area contributed by atoms with Gasteiger partial charge in [0.15, 0.2) is 5.79 Å². The Morgan fingerprint density at radius 2 is 1.52 bits per heavy atom. The number of hydrogen-bond acceptors (Lipinski definition) is 2. The molecule has 0 aromatic carbocycles. The van der Waals surface area contributed by atoms with Crippen LogP contribution in [0.3, 0.4) is 0 Å². The van der Waals surface area contributed by atoms with E-state index in [1.807, 2.05) is 0 Å². The molecule has 1 aliphatic heterocycles. The zero-order valence-electron chi connectivity index (χ0n) is 15.1. The molecule has 6 unspecified atom stereocenters. The maximum absolute atomic E-state index is 6.26. The summed E-state index contributed by atoms with van der Waals surface area (Å²) < 4.78 is 12.5. The summed E-state index contributed by atoms with van der Waals surface area (Å²) in [5.74, 6) is 3.58. The molecule has 2 nitrogen and oxygen atoms in total. The molecular formula is C21H34O2. The molecule has 4 saturated carbocycles. The van der Waals surface area contributed by atoms with E-state index in [9.17, 15) is 0 Å². The second-order valence-electron chi connectivity index (χ2n) is 9.85. The van der Waals surface area contributed by atoms with E-state index in [0.29, 0.717) is 5.41 Å². The van der Waals surface area contributed by atoms with Crippen molar-refractivity contribution in [1.29, 1.82) is 0 Å². The van der Waals surface area contributed by atoms with Gasteiger partial charge in [0.05, 0.1) is 13.2 Å². The highest BCUT2D eigenvalue weighted by Gasteiger charge is 2.66. The normalized spacial score (nSPS) is 54.5. The summed E-state index contributed by atoms with van der Waals surface area (Å²) in [4.78, 5) is 0. The Morgan fingerprint density at radius 1 is 0.739 bits per heavy atom. The molecule has 0 amide bonds. The van der Waals surface area contributed by atoms with Crippen LogP contribution >= 0.6 is 0 Å². The van der Waals surface area contributed by atoms with Gasteiger partial charge < -0.3 is 9.47 Å². The Kier molecular flexibility index (Phi) is 3.29. The molecular weight excluding hydrogens is 284 g/mol. The van der Waals surface area contributed by atoms with E-state index in [1.54, 1.807) is 0 Å². The van der Waals surface area contributed by atoms with Crippen molar-refractivity contribution in [3.05, 3.63) is 0 Å². The SMILES string of the molecule is CC12CCCCC1CCC1C2CCC2(C)C1CCC21OCCO1. The molecule has 2 heteroatoms. The molecule has 0 aromatic heterocycles. The maximum Gasteiger partial charge on any atom is 0.174 e. The van der Waals surface area contributed by atoms with Crippen molar-refractivity contribution < 1.29 is 9.47 Å². The van der Waals surface area contributed by atoms with Crippen molar-refractivity contribution in [1.82, 2.24) is 0 Å². The lowest BCUT2D eigenvalue weighted by atomic mass is 9.45. The number of rotatable bonds is 0. The van der Waals surface area contributed by atoms with Crippen LogP contribution in [0.2, 0.25) is 0 Å². The van der Waals surface area contributed by atoms with Crippen LogP contribution in [0.5, 0.6) is 0 Å². The van der Waals surface area contributed by atoms with E-state index in [1.165, 1.54) is 57.8 Å². The lowest BCUT2D eigenvalue weighted by molar-refractivity contribution is -0.247. The van der Waals surface area contributed by atoms with Gasteiger partial charge in [-0.1, -0.05) is 26.7 Å². The minimum atomic E-state index is -0.215. The summed E-state index contributed by atoms with van der Waals surface area (Å²) in [7, 11) is 0. The Labute approximate surface area is 141 Å². The van der Waals surface area contributed by atoms with Crippen LogP contribution in [-0.2, 0) is 9.47 Å². The first-order chi connectivity index (χ1) is 11.1. The van der Waals surface area contributed by atoms with E-state index in [0.717, 1.165) is 43.3 Å². The van der Waals surface area contributed by atoms with Gasteiger partial charge in [0.2, 0.25) is 0 Å². The zero-order chi connectivity index (χ0) is 15.7. The van der Waals surface area contributed by atoms with Gasteiger partial charge in [0.1, 0.15) is 0 Å². The van der Waals surface area contributed by atoms with Gasteiger partial charge in [0.25, 0.3) is 0 Å². The highest BCUT2D eigenvalue weighted by molar-refractivity contribution is 5.12. The highest BCUT2D eigenvalue weighted by atomic mass is 16.7. The van der Waals surface area contributed by atoms with E-state index in [-0.39, 0.29) is 11.2 Å². The second-order valence-corrected chi connectivity index (χ2v) is 9.85. The Morgan fingerprint density at radius 3 is 2.35 bits per heavy atom. The summed E-state index contributed by atoms with van der Waals surface area (Å²) in [6.07, 6.45) is 14.2. The largest absolute Gasteiger partial charge is 0.347 e. The molecule has 23 heavy (non-hydrogen) atoms. The quantitative estimate of drug-likeness (QED) is 0.614. The third-order valence-electron chi connectivity index (χ3n) is 9.38. The van der Waals surface area contributed by atoms with Crippen molar-refractivity contribution >= 4 is 0 Å². The maximum atomic E-state index is 6.26. The van der Waals surface area contributed by atoms with E-state index < -0.39 is 0 Å². The van der Waals surface area contributed by atoms with Gasteiger partial charge in [-0.25, -0.2) is 0 Å². The number of hydrogen-bond donors (Lipinski definition) is 0. The molecule has 1 heterocycles. The lowest BCUT2D eigenvalue weighted by Crippen LogP contribution is -2.56. The molecule has 0 bridgehead atoms. The zero-order valence-corrected chi connectivity index (χ0v) is 15.1. The first-order valence-electron chi connectivity index (χ1n) is 10.4. The monoisotopic (exact) mass is 318 g/mol. The molecule has 0 N–H and O–H groups in total. The second kappa shape index (κ2) is 4.97. The Balaban J connectivity index is 1.47. The van der Waals surface area contributed by atoms with Crippen LogP contribution in [-0.4, -0.2) is 19.0 Å². The lowest BCUT2D eigenvalue weighted by Gasteiger charge is -2.61. The number of ether oxygens (including phenoxy) is 2. The molecule has 0 radical (unpaired) electrons.